The van der Waals surface area contributed by atoms with Crippen LogP contribution in [0.1, 0.15) is 29.8 Å². The molecule has 0 spiro atoms. The fraction of sp³-hybridized carbons (Fsp3) is 0.429. The van der Waals surface area contributed by atoms with Gasteiger partial charge in [0.1, 0.15) is 11.3 Å². The van der Waals surface area contributed by atoms with Gasteiger partial charge in [0.25, 0.3) is 5.91 Å². The molecule has 0 bridgehead atoms. The van der Waals surface area contributed by atoms with E-state index in [4.69, 9.17) is 9.84 Å². The quantitative estimate of drug-likeness (QED) is 0.903. The summed E-state index contributed by atoms with van der Waals surface area (Å²) in [6.45, 7) is 4.82. The summed E-state index contributed by atoms with van der Waals surface area (Å²) in [6.07, 6.45) is 0. The van der Waals surface area contributed by atoms with Gasteiger partial charge in [0, 0.05) is 7.05 Å². The van der Waals surface area contributed by atoms with Crippen LogP contribution in [0.2, 0.25) is 0 Å². The fourth-order valence-electron chi connectivity index (χ4n) is 1.57. The van der Waals surface area contributed by atoms with E-state index >= 15 is 0 Å². The number of aliphatic carboxylic acids is 1. The molecule has 1 rings (SSSR count). The van der Waals surface area contributed by atoms with Crippen LogP contribution in [0.5, 0.6) is 5.75 Å². The maximum absolute atomic E-state index is 12.4. The molecule has 0 atom stereocenters. The second-order valence-electron chi connectivity index (χ2n) is 4.93. The van der Waals surface area contributed by atoms with Crippen molar-refractivity contribution in [1.82, 2.24) is 4.90 Å². The normalized spacial score (nSPS) is 11.0. The van der Waals surface area contributed by atoms with Gasteiger partial charge in [-0.3, -0.25) is 4.79 Å². The minimum absolute atomic E-state index is 0.360. The van der Waals surface area contributed by atoms with Crippen molar-refractivity contribution in [2.75, 3.05) is 14.2 Å². The van der Waals surface area contributed by atoms with Crippen molar-refractivity contribution in [2.24, 2.45) is 0 Å². The summed E-state index contributed by atoms with van der Waals surface area (Å²) in [5, 5.41) is 9.16. The lowest BCUT2D eigenvalue weighted by atomic mass is 10.0. The van der Waals surface area contributed by atoms with Crippen LogP contribution in [0.25, 0.3) is 0 Å². The maximum atomic E-state index is 12.4. The van der Waals surface area contributed by atoms with Crippen LogP contribution >= 0.6 is 0 Å². The first-order valence-corrected chi connectivity index (χ1v) is 5.88. The molecule has 0 aliphatic heterocycles. The molecular formula is C14H19NO4. The summed E-state index contributed by atoms with van der Waals surface area (Å²) in [5.41, 5.74) is -0.0173. The number of carbonyl (C=O) groups is 2. The van der Waals surface area contributed by atoms with Gasteiger partial charge in [-0.25, -0.2) is 4.79 Å². The molecule has 5 nitrogen and oxygen atoms in total. The molecule has 0 heterocycles. The summed E-state index contributed by atoms with van der Waals surface area (Å²) in [6, 6.07) is 5.22. The van der Waals surface area contributed by atoms with Crippen LogP contribution in [-0.2, 0) is 4.79 Å². The molecule has 0 aliphatic carbocycles. The first kappa shape index (κ1) is 15.0. The first-order chi connectivity index (χ1) is 8.71. The zero-order valence-electron chi connectivity index (χ0n) is 11.9. The van der Waals surface area contributed by atoms with Gasteiger partial charge in [-0.15, -0.1) is 0 Å². The Bertz CT molecular complexity index is 508. The van der Waals surface area contributed by atoms with Crippen LogP contribution in [0.15, 0.2) is 18.2 Å². The zero-order valence-corrected chi connectivity index (χ0v) is 11.9. The minimum Gasteiger partial charge on any atom is -0.496 e. The van der Waals surface area contributed by atoms with E-state index < -0.39 is 11.5 Å². The Hall–Kier alpha value is -2.04. The van der Waals surface area contributed by atoms with Gasteiger partial charge in [0.15, 0.2) is 0 Å². The van der Waals surface area contributed by atoms with Crippen LogP contribution in [0.3, 0.4) is 0 Å². The summed E-state index contributed by atoms with van der Waals surface area (Å²) in [7, 11) is 2.95. The Balaban J connectivity index is 3.20. The van der Waals surface area contributed by atoms with Gasteiger partial charge in [-0.2, -0.15) is 0 Å². The summed E-state index contributed by atoms with van der Waals surface area (Å²) in [4.78, 5) is 24.8. The topological polar surface area (TPSA) is 66.8 Å². The van der Waals surface area contributed by atoms with E-state index in [0.29, 0.717) is 11.3 Å². The van der Waals surface area contributed by atoms with E-state index in [1.165, 1.54) is 32.9 Å². The second-order valence-corrected chi connectivity index (χ2v) is 4.93. The average Bonchev–Trinajstić information content (AvgIpc) is 2.36. The third-order valence-corrected chi connectivity index (χ3v) is 3.25. The zero-order chi connectivity index (χ0) is 14.8. The van der Waals surface area contributed by atoms with Crippen molar-refractivity contribution < 1.29 is 19.4 Å². The smallest absolute Gasteiger partial charge is 0.329 e. The van der Waals surface area contributed by atoms with E-state index in [1.807, 2.05) is 13.0 Å². The monoisotopic (exact) mass is 265 g/mol. The van der Waals surface area contributed by atoms with Gasteiger partial charge in [0.2, 0.25) is 0 Å². The summed E-state index contributed by atoms with van der Waals surface area (Å²) >= 11 is 0. The molecule has 5 heteroatoms. The molecule has 104 valence electrons. The Morgan fingerprint density at radius 3 is 2.37 bits per heavy atom. The summed E-state index contributed by atoms with van der Waals surface area (Å²) in [5.74, 6) is -1.01. The Morgan fingerprint density at radius 1 is 1.32 bits per heavy atom. The number of ether oxygens (including phenoxy) is 1. The highest BCUT2D eigenvalue weighted by Gasteiger charge is 2.36. The van der Waals surface area contributed by atoms with Crippen molar-refractivity contribution in [1.29, 1.82) is 0 Å². The maximum Gasteiger partial charge on any atom is 0.329 e. The number of carboxylic acids is 1. The van der Waals surface area contributed by atoms with Crippen LogP contribution < -0.4 is 4.74 Å². The lowest BCUT2D eigenvalue weighted by Gasteiger charge is -2.32. The minimum atomic E-state index is -1.29. The SMILES string of the molecule is COc1ccc(C)cc1C(=O)N(C)C(C)(C)C(=O)O. The van der Waals surface area contributed by atoms with E-state index in [2.05, 4.69) is 0 Å². The number of likely N-dealkylation sites (N-methyl/N-ethyl adjacent to an activating group) is 1. The molecule has 0 aliphatic rings. The van der Waals surface area contributed by atoms with Gasteiger partial charge in [0.05, 0.1) is 12.7 Å². The number of amides is 1. The Labute approximate surface area is 112 Å². The number of hydrogen-bond donors (Lipinski definition) is 1. The molecule has 0 saturated heterocycles. The predicted molar refractivity (Wildman–Crippen MR) is 71.5 cm³/mol. The number of aryl methyl sites for hydroxylation is 1. The molecule has 1 amide bonds. The highest BCUT2D eigenvalue weighted by atomic mass is 16.5. The molecular weight excluding hydrogens is 246 g/mol. The third kappa shape index (κ3) is 2.86. The molecule has 0 fully saturated rings. The van der Waals surface area contributed by atoms with Crippen LogP contribution in [0.4, 0.5) is 0 Å². The standard InChI is InChI=1S/C14H19NO4/c1-9-6-7-11(19-5)10(8-9)12(16)15(4)14(2,3)13(17)18/h6-8H,1-5H3,(H,17,18). The van der Waals surface area contributed by atoms with Crippen LogP contribution in [0, 0.1) is 6.92 Å². The van der Waals surface area contributed by atoms with Crippen molar-refractivity contribution in [2.45, 2.75) is 26.3 Å². The van der Waals surface area contributed by atoms with Gasteiger partial charge in [-0.1, -0.05) is 11.6 Å². The lowest BCUT2D eigenvalue weighted by Crippen LogP contribution is -2.50. The number of methoxy groups -OCH3 is 1. The van der Waals surface area contributed by atoms with E-state index in [-0.39, 0.29) is 5.91 Å². The van der Waals surface area contributed by atoms with Gasteiger partial charge in [-0.05, 0) is 32.9 Å². The number of rotatable bonds is 4. The predicted octanol–water partition coefficient (Wildman–Crippen LogP) is 1.94. The van der Waals surface area contributed by atoms with Gasteiger partial charge >= 0.3 is 5.97 Å². The van der Waals surface area contributed by atoms with Crippen molar-refractivity contribution in [3.8, 4) is 5.75 Å². The molecule has 0 saturated carbocycles. The Kier molecular flexibility index (Phi) is 4.19. The van der Waals surface area contributed by atoms with Gasteiger partial charge < -0.3 is 14.7 Å². The lowest BCUT2D eigenvalue weighted by molar-refractivity contribution is -0.147. The second kappa shape index (κ2) is 5.30. The van der Waals surface area contributed by atoms with Crippen molar-refractivity contribution in [3.63, 3.8) is 0 Å². The van der Waals surface area contributed by atoms with Crippen molar-refractivity contribution in [3.05, 3.63) is 29.3 Å². The molecule has 1 N–H and O–H groups in total. The van der Waals surface area contributed by atoms with E-state index in [1.54, 1.807) is 12.1 Å². The average molecular weight is 265 g/mol. The number of carbonyl (C=O) groups excluding carboxylic acids is 1. The number of benzene rings is 1. The molecule has 1 aromatic carbocycles. The largest absolute Gasteiger partial charge is 0.496 e. The Morgan fingerprint density at radius 2 is 1.89 bits per heavy atom. The van der Waals surface area contributed by atoms with E-state index in [9.17, 15) is 9.59 Å². The number of nitrogens with zero attached hydrogens (tertiary/aromatic N) is 1. The van der Waals surface area contributed by atoms with Crippen LogP contribution in [-0.4, -0.2) is 41.6 Å². The number of hydrogen-bond acceptors (Lipinski definition) is 3. The highest BCUT2D eigenvalue weighted by Crippen LogP contribution is 2.24. The molecule has 0 aromatic heterocycles. The molecule has 0 unspecified atom stereocenters. The highest BCUT2D eigenvalue weighted by molar-refractivity contribution is 5.99. The summed E-state index contributed by atoms with van der Waals surface area (Å²) < 4.78 is 5.15. The first-order valence-electron chi connectivity index (χ1n) is 5.88. The molecule has 19 heavy (non-hydrogen) atoms. The fourth-order valence-corrected chi connectivity index (χ4v) is 1.57. The molecule has 1 aromatic rings. The third-order valence-electron chi connectivity index (χ3n) is 3.25. The molecule has 0 radical (unpaired) electrons. The van der Waals surface area contributed by atoms with E-state index in [0.717, 1.165) is 5.56 Å². The van der Waals surface area contributed by atoms with Crippen molar-refractivity contribution >= 4 is 11.9 Å². The number of carboxylic acid groups (broad SMARTS) is 1.